The Morgan fingerprint density at radius 2 is 1.14 bits per heavy atom. The first-order valence-electron chi connectivity index (χ1n) is 11.9. The molecule has 0 aromatic rings. The van der Waals surface area contributed by atoms with Crippen molar-refractivity contribution in [3.05, 3.63) is 0 Å². The molecular weight excluding hydrogens is 480 g/mol. The fourth-order valence-corrected chi connectivity index (χ4v) is 5.18. The molecule has 0 aromatic carbocycles. The summed E-state index contributed by atoms with van der Waals surface area (Å²) in [6, 6.07) is 0. The predicted octanol–water partition coefficient (Wildman–Crippen LogP) is 1.16. The fraction of sp³-hybridized carbons (Fsp3) is 0.667. The smallest absolute Gasteiger partial charge is 0.318 e. The molecule has 3 aliphatic rings. The topological polar surface area (TPSA) is 173 Å². The minimum atomic E-state index is -1.27. The number of fused-ring (bicyclic) bond motifs is 4. The number of cyclic esters (lactones) is 4. The molecular formula is C24H28O12. The molecule has 1 saturated carbocycles. The van der Waals surface area contributed by atoms with Gasteiger partial charge in [0, 0.05) is 13.8 Å². The van der Waals surface area contributed by atoms with Gasteiger partial charge < -0.3 is 18.9 Å². The van der Waals surface area contributed by atoms with Crippen molar-refractivity contribution in [1.82, 2.24) is 0 Å². The number of hydrogen-bond acceptors (Lipinski definition) is 12. The molecule has 0 amide bonds. The van der Waals surface area contributed by atoms with Crippen LogP contribution in [0.4, 0.5) is 0 Å². The molecule has 2 saturated heterocycles. The van der Waals surface area contributed by atoms with Gasteiger partial charge in [0.05, 0.1) is 35.5 Å². The standard InChI is InChI=1S/C24H28O12/c1-11(25)33-19(27)13-5-3-4-6-14-9-16(22(30)35-21(14)29)18-17(23(31)36-24(18)32)10-15(8-7-13)20(28)34-12(2)26/h13-18H,3-10H2,1-2H3. The third-order valence-corrected chi connectivity index (χ3v) is 6.93. The van der Waals surface area contributed by atoms with Gasteiger partial charge in [-0.05, 0) is 38.5 Å². The number of ether oxygens (including phenoxy) is 4. The highest BCUT2D eigenvalue weighted by atomic mass is 16.6. The Kier molecular flexibility index (Phi) is 8.70. The molecule has 1 aliphatic carbocycles. The first-order chi connectivity index (χ1) is 17.0. The number of rotatable bonds is 2. The van der Waals surface area contributed by atoms with Gasteiger partial charge in [-0.3, -0.25) is 38.4 Å². The van der Waals surface area contributed by atoms with Gasteiger partial charge in [0.2, 0.25) is 0 Å². The normalized spacial score (nSPS) is 31.3. The van der Waals surface area contributed by atoms with E-state index in [-0.39, 0.29) is 32.1 Å². The van der Waals surface area contributed by atoms with Crippen molar-refractivity contribution in [3.63, 3.8) is 0 Å². The van der Waals surface area contributed by atoms with E-state index in [1.54, 1.807) is 0 Å². The van der Waals surface area contributed by atoms with E-state index in [9.17, 15) is 38.4 Å². The summed E-state index contributed by atoms with van der Waals surface area (Å²) in [5.74, 6) is -13.1. The number of esters is 8. The highest BCUT2D eigenvalue weighted by Crippen LogP contribution is 2.42. The third kappa shape index (κ3) is 6.41. The number of carbonyl (C=O) groups excluding carboxylic acids is 8. The lowest BCUT2D eigenvalue weighted by Gasteiger charge is -2.31. The van der Waals surface area contributed by atoms with E-state index in [2.05, 4.69) is 0 Å². The van der Waals surface area contributed by atoms with Crippen LogP contribution in [0, 0.1) is 35.5 Å². The van der Waals surface area contributed by atoms with E-state index in [4.69, 9.17) is 18.9 Å². The van der Waals surface area contributed by atoms with Crippen LogP contribution in [0.1, 0.15) is 65.2 Å². The molecule has 12 heteroatoms. The zero-order valence-electron chi connectivity index (χ0n) is 20.0. The van der Waals surface area contributed by atoms with Gasteiger partial charge in [0.15, 0.2) is 0 Å². The van der Waals surface area contributed by atoms with E-state index >= 15 is 0 Å². The molecule has 2 heterocycles. The molecule has 0 radical (unpaired) electrons. The Labute approximate surface area is 206 Å². The monoisotopic (exact) mass is 508 g/mol. The van der Waals surface area contributed by atoms with E-state index < -0.39 is 83.3 Å². The van der Waals surface area contributed by atoms with Gasteiger partial charge >= 0.3 is 47.8 Å². The van der Waals surface area contributed by atoms with E-state index in [1.165, 1.54) is 0 Å². The van der Waals surface area contributed by atoms with Gasteiger partial charge in [0.1, 0.15) is 0 Å². The molecule has 0 spiro atoms. The minimum Gasteiger partial charge on any atom is -0.393 e. The van der Waals surface area contributed by atoms with Crippen LogP contribution in [0.25, 0.3) is 0 Å². The predicted molar refractivity (Wildman–Crippen MR) is 114 cm³/mol. The van der Waals surface area contributed by atoms with Crippen molar-refractivity contribution in [1.29, 1.82) is 0 Å². The Morgan fingerprint density at radius 1 is 0.639 bits per heavy atom. The van der Waals surface area contributed by atoms with E-state index in [1.807, 2.05) is 0 Å². The highest BCUT2D eigenvalue weighted by Gasteiger charge is 2.54. The average Bonchev–Trinajstić information content (AvgIpc) is 3.04. The lowest BCUT2D eigenvalue weighted by molar-refractivity contribution is -0.176. The Balaban J connectivity index is 1.94. The Bertz CT molecular complexity index is 982. The van der Waals surface area contributed by atoms with Crippen molar-refractivity contribution < 1.29 is 57.3 Å². The second-order valence-corrected chi connectivity index (χ2v) is 9.47. The quantitative estimate of drug-likeness (QED) is 0.296. The van der Waals surface area contributed by atoms with Crippen molar-refractivity contribution in [2.24, 2.45) is 35.5 Å². The van der Waals surface area contributed by atoms with Crippen LogP contribution in [0.5, 0.6) is 0 Å². The van der Waals surface area contributed by atoms with Crippen molar-refractivity contribution in [2.75, 3.05) is 0 Å². The fourth-order valence-electron chi connectivity index (χ4n) is 5.18. The number of carbonyl (C=O) groups is 8. The van der Waals surface area contributed by atoms with Crippen LogP contribution < -0.4 is 0 Å². The molecule has 12 nitrogen and oxygen atoms in total. The molecule has 36 heavy (non-hydrogen) atoms. The van der Waals surface area contributed by atoms with Crippen LogP contribution in [0.15, 0.2) is 0 Å². The van der Waals surface area contributed by atoms with Gasteiger partial charge in [-0.25, -0.2) is 0 Å². The third-order valence-electron chi connectivity index (χ3n) is 6.93. The lowest BCUT2D eigenvalue weighted by atomic mass is 9.72. The first-order valence-corrected chi connectivity index (χ1v) is 11.9. The van der Waals surface area contributed by atoms with E-state index in [0.29, 0.717) is 19.3 Å². The maximum Gasteiger partial charge on any atom is 0.318 e. The summed E-state index contributed by atoms with van der Waals surface area (Å²) >= 11 is 0. The Hall–Kier alpha value is -3.44. The number of hydrogen-bond donors (Lipinski definition) is 0. The van der Waals surface area contributed by atoms with Crippen LogP contribution in [0.3, 0.4) is 0 Å². The van der Waals surface area contributed by atoms with Gasteiger partial charge in [-0.1, -0.05) is 12.8 Å². The molecule has 0 aromatic heterocycles. The second-order valence-electron chi connectivity index (χ2n) is 9.47. The SMILES string of the molecule is CC(=O)OC(=O)C1CCCCC2CC(C(=O)OC2=O)C2C(=O)OC(=O)C2CC(C(=O)OC(C)=O)CC1. The summed E-state index contributed by atoms with van der Waals surface area (Å²) in [6.07, 6.45) is 1.27. The summed E-state index contributed by atoms with van der Waals surface area (Å²) in [5.41, 5.74) is 0. The molecule has 6 atom stereocenters. The van der Waals surface area contributed by atoms with Crippen molar-refractivity contribution >= 4 is 47.8 Å². The zero-order chi connectivity index (χ0) is 26.6. The Morgan fingerprint density at radius 3 is 1.75 bits per heavy atom. The summed E-state index contributed by atoms with van der Waals surface area (Å²) in [6.45, 7) is 2.11. The van der Waals surface area contributed by atoms with Crippen LogP contribution in [-0.2, 0) is 57.3 Å². The average molecular weight is 508 g/mol. The minimum absolute atomic E-state index is 0.0231. The highest BCUT2D eigenvalue weighted by molar-refractivity contribution is 6.01. The molecule has 3 rings (SSSR count). The zero-order valence-corrected chi connectivity index (χ0v) is 20.0. The van der Waals surface area contributed by atoms with Crippen molar-refractivity contribution in [2.45, 2.75) is 65.2 Å². The maximum atomic E-state index is 12.7. The largest absolute Gasteiger partial charge is 0.393 e. The molecule has 0 N–H and O–H groups in total. The molecule has 3 fully saturated rings. The molecule has 196 valence electrons. The summed E-state index contributed by atoms with van der Waals surface area (Å²) in [7, 11) is 0. The van der Waals surface area contributed by atoms with Crippen LogP contribution in [0.2, 0.25) is 0 Å². The van der Waals surface area contributed by atoms with E-state index in [0.717, 1.165) is 13.8 Å². The molecule has 6 unspecified atom stereocenters. The molecule has 2 bridgehead atoms. The summed E-state index contributed by atoms with van der Waals surface area (Å²) in [4.78, 5) is 97.9. The van der Waals surface area contributed by atoms with Crippen LogP contribution in [-0.4, -0.2) is 47.8 Å². The van der Waals surface area contributed by atoms with Crippen LogP contribution >= 0.6 is 0 Å². The van der Waals surface area contributed by atoms with Gasteiger partial charge in [0.25, 0.3) is 0 Å². The second kappa shape index (κ2) is 11.5. The maximum absolute atomic E-state index is 12.7. The summed E-state index contributed by atoms with van der Waals surface area (Å²) in [5, 5.41) is 0. The van der Waals surface area contributed by atoms with Crippen molar-refractivity contribution in [3.8, 4) is 0 Å². The van der Waals surface area contributed by atoms with Gasteiger partial charge in [-0.2, -0.15) is 0 Å². The first kappa shape index (κ1) is 27.2. The summed E-state index contributed by atoms with van der Waals surface area (Å²) < 4.78 is 19.1. The molecule has 2 aliphatic heterocycles. The van der Waals surface area contributed by atoms with Gasteiger partial charge in [-0.15, -0.1) is 0 Å². The lowest BCUT2D eigenvalue weighted by Crippen LogP contribution is -2.42.